The monoisotopic (exact) mass is 381 g/mol. The van der Waals surface area contributed by atoms with Crippen LogP contribution in [0.25, 0.3) is 10.9 Å². The number of thiol groups is 1. The van der Waals surface area contributed by atoms with Crippen LogP contribution >= 0.6 is 12.6 Å². The first-order valence-corrected chi connectivity index (χ1v) is 9.47. The van der Waals surface area contributed by atoms with Gasteiger partial charge < -0.3 is 9.72 Å². The van der Waals surface area contributed by atoms with E-state index in [-0.39, 0.29) is 17.8 Å². The molecule has 3 aromatic rings. The van der Waals surface area contributed by atoms with E-state index in [0.717, 1.165) is 27.8 Å². The second-order valence-corrected chi connectivity index (χ2v) is 7.21. The molecule has 1 aromatic heterocycles. The van der Waals surface area contributed by atoms with Crippen LogP contribution in [0.15, 0.2) is 59.8 Å². The number of H-pyrrole nitrogens is 1. The van der Waals surface area contributed by atoms with Crippen molar-refractivity contribution in [3.63, 3.8) is 0 Å². The summed E-state index contributed by atoms with van der Waals surface area (Å²) in [5.74, 6) is 0.840. The van der Waals surface area contributed by atoms with Crippen LogP contribution in [-0.4, -0.2) is 27.8 Å². The highest BCUT2D eigenvalue weighted by atomic mass is 32.1. The smallest absolute Gasteiger partial charge is 0.156 e. The third kappa shape index (κ3) is 3.80. The highest BCUT2D eigenvalue weighted by Gasteiger charge is 2.31. The number of ether oxygens (including phenoxy) is 1. The maximum absolute atomic E-state index is 5.82. The molecule has 2 aromatic carbocycles. The van der Waals surface area contributed by atoms with E-state index in [1.165, 1.54) is 0 Å². The van der Waals surface area contributed by atoms with Crippen LogP contribution in [0, 0.1) is 0 Å². The van der Waals surface area contributed by atoms with Gasteiger partial charge in [-0.3, -0.25) is 0 Å². The zero-order valence-electron chi connectivity index (χ0n) is 15.3. The molecule has 140 valence electrons. The Kier molecular flexibility index (Phi) is 5.07. The number of nitrogens with zero attached hydrogens (tertiary/aromatic N) is 2. The van der Waals surface area contributed by atoms with Gasteiger partial charge in [-0.15, -0.1) is 12.6 Å². The SMILES string of the molecule is CC(C)Oc1cccc([C@@H]2NN[C@H](S)N2/N=C\c2c[nH]c3ccccc23)c1. The molecule has 4 rings (SSSR count). The van der Waals surface area contributed by atoms with E-state index >= 15 is 0 Å². The summed E-state index contributed by atoms with van der Waals surface area (Å²) in [6.07, 6.45) is 3.80. The van der Waals surface area contributed by atoms with Gasteiger partial charge >= 0.3 is 0 Å². The maximum Gasteiger partial charge on any atom is 0.156 e. The predicted molar refractivity (Wildman–Crippen MR) is 112 cm³/mol. The molecule has 1 fully saturated rings. The van der Waals surface area contributed by atoms with Crippen molar-refractivity contribution in [1.29, 1.82) is 0 Å². The quantitative estimate of drug-likeness (QED) is 0.403. The van der Waals surface area contributed by atoms with E-state index in [9.17, 15) is 0 Å². The molecule has 0 spiro atoms. The second-order valence-electron chi connectivity index (χ2n) is 6.72. The van der Waals surface area contributed by atoms with Crippen molar-refractivity contribution >= 4 is 29.7 Å². The average Bonchev–Trinajstić information content (AvgIpc) is 3.23. The second kappa shape index (κ2) is 7.64. The molecule has 2 atom stereocenters. The molecule has 0 aliphatic carbocycles. The fourth-order valence-electron chi connectivity index (χ4n) is 3.15. The topological polar surface area (TPSA) is 64.7 Å². The molecule has 27 heavy (non-hydrogen) atoms. The number of nitrogens with one attached hydrogen (secondary N) is 3. The molecule has 0 saturated carbocycles. The largest absolute Gasteiger partial charge is 0.491 e. The molecular weight excluding hydrogens is 358 g/mol. The Labute approximate surface area is 164 Å². The van der Waals surface area contributed by atoms with Gasteiger partial charge in [0, 0.05) is 22.7 Å². The van der Waals surface area contributed by atoms with Crippen LogP contribution in [0.5, 0.6) is 5.75 Å². The Hall–Kier alpha value is -2.48. The number of aromatic nitrogens is 1. The van der Waals surface area contributed by atoms with Crippen molar-refractivity contribution in [2.75, 3.05) is 0 Å². The van der Waals surface area contributed by atoms with Gasteiger partial charge in [-0.1, -0.05) is 30.3 Å². The predicted octanol–water partition coefficient (Wildman–Crippen LogP) is 3.61. The number of hydrazine groups is 1. The lowest BCUT2D eigenvalue weighted by Crippen LogP contribution is -2.28. The van der Waals surface area contributed by atoms with Gasteiger partial charge in [0.2, 0.25) is 0 Å². The van der Waals surface area contributed by atoms with Gasteiger partial charge in [0.25, 0.3) is 0 Å². The number of hydrogen-bond acceptors (Lipinski definition) is 6. The van der Waals surface area contributed by atoms with Crippen LogP contribution in [0.2, 0.25) is 0 Å². The number of benzene rings is 2. The fraction of sp³-hybridized carbons (Fsp3) is 0.250. The minimum atomic E-state index is -0.244. The Morgan fingerprint density at radius 1 is 1.15 bits per heavy atom. The van der Waals surface area contributed by atoms with Crippen molar-refractivity contribution in [2.24, 2.45) is 5.10 Å². The van der Waals surface area contributed by atoms with Gasteiger partial charge in [-0.25, -0.2) is 15.9 Å². The average molecular weight is 382 g/mol. The summed E-state index contributed by atoms with van der Waals surface area (Å²) in [5, 5.41) is 7.72. The number of para-hydroxylation sites is 1. The summed E-state index contributed by atoms with van der Waals surface area (Å²) < 4.78 is 5.82. The minimum Gasteiger partial charge on any atom is -0.491 e. The number of rotatable bonds is 5. The molecule has 1 saturated heterocycles. The number of hydrogen-bond donors (Lipinski definition) is 4. The molecule has 0 amide bonds. The number of hydrazone groups is 1. The summed E-state index contributed by atoms with van der Waals surface area (Å²) in [6.45, 7) is 4.03. The fourth-order valence-corrected chi connectivity index (χ4v) is 3.42. The highest BCUT2D eigenvalue weighted by molar-refractivity contribution is 7.80. The molecular formula is C20H23N5OS. The summed E-state index contributed by atoms with van der Waals surface area (Å²) in [6, 6.07) is 16.2. The third-order valence-electron chi connectivity index (χ3n) is 4.36. The Morgan fingerprint density at radius 2 is 2.00 bits per heavy atom. The first kappa shape index (κ1) is 17.9. The normalized spacial score (nSPS) is 20.2. The summed E-state index contributed by atoms with van der Waals surface area (Å²) >= 11 is 4.58. The molecule has 2 heterocycles. The summed E-state index contributed by atoms with van der Waals surface area (Å²) in [4.78, 5) is 3.27. The van der Waals surface area contributed by atoms with Gasteiger partial charge in [0.05, 0.1) is 12.3 Å². The lowest BCUT2D eigenvalue weighted by atomic mass is 10.1. The molecule has 0 radical (unpaired) electrons. The first-order valence-electron chi connectivity index (χ1n) is 8.96. The zero-order chi connectivity index (χ0) is 18.8. The van der Waals surface area contributed by atoms with Crippen molar-refractivity contribution < 1.29 is 4.74 Å². The van der Waals surface area contributed by atoms with Crippen molar-refractivity contribution in [3.05, 3.63) is 65.9 Å². The van der Waals surface area contributed by atoms with E-state index in [4.69, 9.17) is 9.84 Å². The first-order chi connectivity index (χ1) is 13.1. The summed E-state index contributed by atoms with van der Waals surface area (Å²) in [7, 11) is 0. The standard InChI is InChI=1S/C20H23N5OS/c1-13(2)26-16-7-5-6-14(10-16)19-23-24-20(27)25(19)22-12-15-11-21-18-9-4-3-8-17(15)18/h3-13,19-21,23-24,27H,1-2H3/b22-12-/t19-,20+/m1/s1. The van der Waals surface area contributed by atoms with Crippen LogP contribution in [-0.2, 0) is 0 Å². The molecule has 1 aliphatic rings. The Morgan fingerprint density at radius 3 is 2.85 bits per heavy atom. The van der Waals surface area contributed by atoms with E-state index in [0.29, 0.717) is 0 Å². The molecule has 0 bridgehead atoms. The lowest BCUT2D eigenvalue weighted by molar-refractivity contribution is 0.234. The van der Waals surface area contributed by atoms with E-state index < -0.39 is 0 Å². The number of aromatic amines is 1. The molecule has 1 aliphatic heterocycles. The third-order valence-corrected chi connectivity index (χ3v) is 4.73. The lowest BCUT2D eigenvalue weighted by Gasteiger charge is -2.23. The van der Waals surface area contributed by atoms with Crippen LogP contribution < -0.4 is 15.6 Å². The Balaban J connectivity index is 1.59. The van der Waals surface area contributed by atoms with Gasteiger partial charge in [0.1, 0.15) is 11.9 Å². The van der Waals surface area contributed by atoms with Gasteiger partial charge in [0.15, 0.2) is 5.50 Å². The van der Waals surface area contributed by atoms with Crippen molar-refractivity contribution in [3.8, 4) is 5.75 Å². The zero-order valence-corrected chi connectivity index (χ0v) is 16.1. The maximum atomic E-state index is 5.82. The molecule has 7 heteroatoms. The van der Waals surface area contributed by atoms with E-state index in [1.807, 2.05) is 67.7 Å². The van der Waals surface area contributed by atoms with Crippen LogP contribution in [0.4, 0.5) is 0 Å². The van der Waals surface area contributed by atoms with Crippen LogP contribution in [0.1, 0.15) is 31.1 Å². The van der Waals surface area contributed by atoms with Crippen molar-refractivity contribution in [2.45, 2.75) is 31.6 Å². The van der Waals surface area contributed by atoms with Gasteiger partial charge in [-0.05, 0) is 37.6 Å². The van der Waals surface area contributed by atoms with Gasteiger partial charge in [-0.2, -0.15) is 5.10 Å². The van der Waals surface area contributed by atoms with Crippen molar-refractivity contribution in [1.82, 2.24) is 20.8 Å². The van der Waals surface area contributed by atoms with E-state index in [1.54, 1.807) is 0 Å². The Bertz CT molecular complexity index is 954. The summed E-state index contributed by atoms with van der Waals surface area (Å²) in [5.41, 5.74) is 9.30. The highest BCUT2D eigenvalue weighted by Crippen LogP contribution is 2.28. The number of fused-ring (bicyclic) bond motifs is 1. The van der Waals surface area contributed by atoms with E-state index in [2.05, 4.69) is 40.6 Å². The molecule has 6 nitrogen and oxygen atoms in total. The van der Waals surface area contributed by atoms with Crippen LogP contribution in [0.3, 0.4) is 0 Å². The molecule has 0 unspecified atom stereocenters. The molecule has 3 N–H and O–H groups in total. The minimum absolute atomic E-state index is 0.128.